The van der Waals surface area contributed by atoms with Gasteiger partial charge in [-0.2, -0.15) is 0 Å². The van der Waals surface area contributed by atoms with E-state index in [1.54, 1.807) is 0 Å². The molecule has 0 radical (unpaired) electrons. The van der Waals surface area contributed by atoms with Crippen molar-refractivity contribution in [2.45, 2.75) is 13.8 Å². The lowest BCUT2D eigenvalue weighted by atomic mass is 9.92. The van der Waals surface area contributed by atoms with Gasteiger partial charge < -0.3 is 13.7 Å². The van der Waals surface area contributed by atoms with Crippen LogP contribution in [-0.2, 0) is 0 Å². The number of rotatable bonds is 5. The van der Waals surface area contributed by atoms with Crippen molar-refractivity contribution in [2.75, 3.05) is 4.90 Å². The quantitative estimate of drug-likeness (QED) is 0.195. The van der Waals surface area contributed by atoms with E-state index in [1.165, 1.54) is 22.3 Å². The van der Waals surface area contributed by atoms with Gasteiger partial charge in [-0.15, -0.1) is 0 Å². The Bertz CT molecular complexity index is 2610. The molecule has 0 bridgehead atoms. The highest BCUT2D eigenvalue weighted by atomic mass is 16.3. The highest BCUT2D eigenvalue weighted by Gasteiger charge is 2.26. The van der Waals surface area contributed by atoms with Crippen LogP contribution < -0.4 is 4.90 Å². The van der Waals surface area contributed by atoms with E-state index < -0.39 is 0 Å². The first-order valence-corrected chi connectivity index (χ1v) is 16.0. The third-order valence-electron chi connectivity index (χ3n) is 9.40. The molecule has 0 atom stereocenters. The number of furan rings is 2. The molecule has 2 heterocycles. The van der Waals surface area contributed by atoms with E-state index in [-0.39, 0.29) is 0 Å². The van der Waals surface area contributed by atoms with Crippen molar-refractivity contribution in [1.29, 1.82) is 0 Å². The molecule has 0 amide bonds. The number of fused-ring (bicyclic) bond motifs is 6. The van der Waals surface area contributed by atoms with Crippen LogP contribution in [0.3, 0.4) is 0 Å². The second kappa shape index (κ2) is 10.8. The Morgan fingerprint density at radius 2 is 1.09 bits per heavy atom. The molecule has 0 unspecified atom stereocenters. The van der Waals surface area contributed by atoms with Gasteiger partial charge >= 0.3 is 0 Å². The van der Waals surface area contributed by atoms with E-state index in [0.29, 0.717) is 0 Å². The molecule has 0 N–H and O–H groups in total. The Labute approximate surface area is 272 Å². The number of nitrogens with zero attached hydrogens (tertiary/aromatic N) is 1. The van der Waals surface area contributed by atoms with E-state index >= 15 is 0 Å². The van der Waals surface area contributed by atoms with Crippen LogP contribution in [0.1, 0.15) is 11.1 Å². The molecular formula is C44H31NO2. The Balaban J connectivity index is 1.42. The third kappa shape index (κ3) is 4.35. The fourth-order valence-corrected chi connectivity index (χ4v) is 7.14. The minimum absolute atomic E-state index is 0.834. The molecule has 9 rings (SSSR count). The van der Waals surface area contributed by atoms with Crippen LogP contribution in [0.25, 0.3) is 66.1 Å². The number of benzene rings is 7. The van der Waals surface area contributed by atoms with Crippen LogP contribution >= 0.6 is 0 Å². The average molecular weight is 606 g/mol. The highest BCUT2D eigenvalue weighted by Crippen LogP contribution is 2.49. The largest absolute Gasteiger partial charge is 0.454 e. The summed E-state index contributed by atoms with van der Waals surface area (Å²) in [5.74, 6) is 0. The van der Waals surface area contributed by atoms with Gasteiger partial charge in [0.05, 0.1) is 11.4 Å². The Kier molecular flexibility index (Phi) is 6.26. The molecule has 2 aromatic heterocycles. The maximum atomic E-state index is 6.82. The molecular weight excluding hydrogens is 574 g/mol. The summed E-state index contributed by atoms with van der Waals surface area (Å²) in [5.41, 5.74) is 13.4. The van der Waals surface area contributed by atoms with E-state index in [9.17, 15) is 0 Å². The standard InChI is InChI=1S/C44H31NO2/c1-28-14-6-7-19-33(28)37-27-39(44-42(29(37)2)36-21-9-11-25-41(36)47-44)45(32-18-12-17-31(26-32)30-15-4-3-5-16-30)38-23-13-22-35-34-20-8-10-24-40(34)46-43(35)38/h3-27H,1-2H3. The first kappa shape index (κ1) is 27.3. The van der Waals surface area contributed by atoms with E-state index in [2.05, 4.69) is 152 Å². The summed E-state index contributed by atoms with van der Waals surface area (Å²) in [4.78, 5) is 2.32. The summed E-state index contributed by atoms with van der Waals surface area (Å²) in [7, 11) is 0. The van der Waals surface area contributed by atoms with Crippen molar-refractivity contribution < 1.29 is 8.83 Å². The minimum Gasteiger partial charge on any atom is -0.454 e. The fraction of sp³-hybridized carbons (Fsp3) is 0.0455. The highest BCUT2D eigenvalue weighted by molar-refractivity contribution is 6.16. The first-order valence-electron chi connectivity index (χ1n) is 16.0. The molecule has 0 aliphatic heterocycles. The van der Waals surface area contributed by atoms with E-state index in [0.717, 1.165) is 72.1 Å². The van der Waals surface area contributed by atoms with Gasteiger partial charge in [-0.05, 0) is 83.6 Å². The summed E-state index contributed by atoms with van der Waals surface area (Å²) in [6, 6.07) is 53.3. The maximum Gasteiger partial charge on any atom is 0.159 e. The SMILES string of the molecule is Cc1ccccc1-c1cc(N(c2cccc(-c3ccccc3)c2)c2cccc3c2oc2ccccc23)c2oc3ccccc3c2c1C. The molecule has 0 spiro atoms. The molecule has 224 valence electrons. The number of para-hydroxylation sites is 3. The molecule has 9 aromatic rings. The lowest BCUT2D eigenvalue weighted by molar-refractivity contribution is 0.666. The molecule has 3 nitrogen and oxygen atoms in total. The van der Waals surface area contributed by atoms with Gasteiger partial charge in [0.1, 0.15) is 11.2 Å². The first-order chi connectivity index (χ1) is 23.2. The lowest BCUT2D eigenvalue weighted by Gasteiger charge is -2.27. The van der Waals surface area contributed by atoms with Crippen LogP contribution in [-0.4, -0.2) is 0 Å². The monoisotopic (exact) mass is 605 g/mol. The zero-order valence-corrected chi connectivity index (χ0v) is 26.2. The molecule has 0 fully saturated rings. The summed E-state index contributed by atoms with van der Waals surface area (Å²) < 4.78 is 13.5. The normalized spacial score (nSPS) is 11.6. The maximum absolute atomic E-state index is 6.82. The second-order valence-corrected chi connectivity index (χ2v) is 12.2. The Morgan fingerprint density at radius 3 is 1.91 bits per heavy atom. The number of anilines is 3. The minimum atomic E-state index is 0.834. The van der Waals surface area contributed by atoms with E-state index in [1.807, 2.05) is 18.2 Å². The third-order valence-corrected chi connectivity index (χ3v) is 9.40. The summed E-state index contributed by atoms with van der Waals surface area (Å²) in [6.45, 7) is 4.40. The zero-order valence-electron chi connectivity index (χ0n) is 26.2. The molecule has 0 aliphatic carbocycles. The van der Waals surface area contributed by atoms with Crippen molar-refractivity contribution >= 4 is 60.9 Å². The van der Waals surface area contributed by atoms with Gasteiger partial charge in [0.2, 0.25) is 0 Å². The van der Waals surface area contributed by atoms with Crippen LogP contribution in [0, 0.1) is 13.8 Å². The van der Waals surface area contributed by atoms with Crippen LogP contribution in [0.4, 0.5) is 17.1 Å². The van der Waals surface area contributed by atoms with Gasteiger partial charge in [-0.1, -0.05) is 115 Å². The van der Waals surface area contributed by atoms with Crippen LogP contribution in [0.5, 0.6) is 0 Å². The molecule has 0 aliphatic rings. The van der Waals surface area contributed by atoms with Crippen molar-refractivity contribution in [3.05, 3.63) is 163 Å². The molecule has 0 saturated carbocycles. The molecule has 47 heavy (non-hydrogen) atoms. The van der Waals surface area contributed by atoms with Crippen molar-refractivity contribution in [3.8, 4) is 22.3 Å². The predicted molar refractivity (Wildman–Crippen MR) is 196 cm³/mol. The van der Waals surface area contributed by atoms with Crippen LogP contribution in [0.15, 0.2) is 160 Å². The number of hydrogen-bond donors (Lipinski definition) is 0. The number of hydrogen-bond acceptors (Lipinski definition) is 3. The van der Waals surface area contributed by atoms with Crippen molar-refractivity contribution in [2.24, 2.45) is 0 Å². The summed E-state index contributed by atoms with van der Waals surface area (Å²) in [5, 5.41) is 4.41. The molecule has 3 heteroatoms. The smallest absolute Gasteiger partial charge is 0.159 e. The summed E-state index contributed by atoms with van der Waals surface area (Å²) in [6.07, 6.45) is 0. The Hall–Kier alpha value is -6.06. The van der Waals surface area contributed by atoms with Gasteiger partial charge in [-0.25, -0.2) is 0 Å². The van der Waals surface area contributed by atoms with Gasteiger partial charge in [0.15, 0.2) is 11.2 Å². The average Bonchev–Trinajstić information content (AvgIpc) is 3.70. The summed E-state index contributed by atoms with van der Waals surface area (Å²) >= 11 is 0. The Morgan fingerprint density at radius 1 is 0.447 bits per heavy atom. The fourth-order valence-electron chi connectivity index (χ4n) is 7.14. The van der Waals surface area contributed by atoms with E-state index in [4.69, 9.17) is 8.83 Å². The van der Waals surface area contributed by atoms with Crippen molar-refractivity contribution in [3.63, 3.8) is 0 Å². The topological polar surface area (TPSA) is 29.5 Å². The zero-order chi connectivity index (χ0) is 31.5. The van der Waals surface area contributed by atoms with Gasteiger partial charge in [-0.3, -0.25) is 0 Å². The lowest BCUT2D eigenvalue weighted by Crippen LogP contribution is -2.11. The number of aryl methyl sites for hydroxylation is 2. The molecule has 0 saturated heterocycles. The molecule has 7 aromatic carbocycles. The van der Waals surface area contributed by atoms with Gasteiger partial charge in [0.25, 0.3) is 0 Å². The van der Waals surface area contributed by atoms with Gasteiger partial charge in [0, 0.05) is 27.2 Å². The van der Waals surface area contributed by atoms with Crippen LogP contribution in [0.2, 0.25) is 0 Å². The predicted octanol–water partition coefficient (Wildman–Crippen LogP) is 12.9. The second-order valence-electron chi connectivity index (χ2n) is 12.2. The van der Waals surface area contributed by atoms with Crippen molar-refractivity contribution in [1.82, 2.24) is 0 Å².